The first-order valence-electron chi connectivity index (χ1n) is 6.03. The molecular formula is C12H21NO. The van der Waals surface area contributed by atoms with E-state index in [0.717, 1.165) is 25.7 Å². The topological polar surface area (TPSA) is 43.1 Å². The van der Waals surface area contributed by atoms with Crippen molar-refractivity contribution in [3.8, 4) is 0 Å². The zero-order valence-corrected chi connectivity index (χ0v) is 8.93. The van der Waals surface area contributed by atoms with Crippen LogP contribution in [0.1, 0.15) is 51.4 Å². The predicted octanol–water partition coefficient (Wildman–Crippen LogP) is 2.26. The number of carbonyl (C=O) groups is 1. The van der Waals surface area contributed by atoms with Crippen molar-refractivity contribution in [3.05, 3.63) is 0 Å². The highest BCUT2D eigenvalue weighted by Crippen LogP contribution is 2.48. The van der Waals surface area contributed by atoms with Crippen LogP contribution in [-0.2, 0) is 4.79 Å². The average molecular weight is 195 g/mol. The fourth-order valence-corrected chi connectivity index (χ4v) is 2.68. The normalized spacial score (nSPS) is 26.9. The molecule has 2 nitrogen and oxygen atoms in total. The van der Waals surface area contributed by atoms with Crippen molar-refractivity contribution in [2.24, 2.45) is 17.1 Å². The van der Waals surface area contributed by atoms with E-state index in [1.165, 1.54) is 25.7 Å². The van der Waals surface area contributed by atoms with E-state index in [4.69, 9.17) is 5.73 Å². The molecule has 80 valence electrons. The van der Waals surface area contributed by atoms with Gasteiger partial charge >= 0.3 is 0 Å². The second-order valence-electron chi connectivity index (χ2n) is 5.04. The van der Waals surface area contributed by atoms with Gasteiger partial charge < -0.3 is 5.73 Å². The molecule has 0 aromatic heterocycles. The van der Waals surface area contributed by atoms with Crippen LogP contribution >= 0.6 is 0 Å². The maximum Gasteiger partial charge on any atom is 0.143 e. The number of hydrogen-bond donors (Lipinski definition) is 1. The monoisotopic (exact) mass is 195 g/mol. The third-order valence-electron chi connectivity index (χ3n) is 3.99. The molecule has 0 aromatic carbocycles. The first kappa shape index (κ1) is 10.2. The molecule has 0 atom stereocenters. The van der Waals surface area contributed by atoms with Gasteiger partial charge in [-0.05, 0) is 25.7 Å². The molecule has 2 N–H and O–H groups in total. The van der Waals surface area contributed by atoms with Crippen molar-refractivity contribution in [3.63, 3.8) is 0 Å². The van der Waals surface area contributed by atoms with Crippen LogP contribution in [0.25, 0.3) is 0 Å². The van der Waals surface area contributed by atoms with Crippen molar-refractivity contribution in [1.82, 2.24) is 0 Å². The number of nitrogens with two attached hydrogens (primary N) is 1. The van der Waals surface area contributed by atoms with E-state index in [1.807, 2.05) is 0 Å². The van der Waals surface area contributed by atoms with Gasteiger partial charge in [-0.3, -0.25) is 4.79 Å². The molecule has 2 saturated carbocycles. The minimum absolute atomic E-state index is 0.0605. The summed E-state index contributed by atoms with van der Waals surface area (Å²) in [7, 11) is 0. The van der Waals surface area contributed by atoms with Gasteiger partial charge in [0.05, 0.1) is 0 Å². The molecular weight excluding hydrogens is 174 g/mol. The Labute approximate surface area is 86.2 Å². The van der Waals surface area contributed by atoms with Crippen LogP contribution in [0.3, 0.4) is 0 Å². The summed E-state index contributed by atoms with van der Waals surface area (Å²) in [6, 6.07) is 0. The fraction of sp³-hybridized carbons (Fsp3) is 0.917. The molecule has 0 amide bonds. The summed E-state index contributed by atoms with van der Waals surface area (Å²) >= 11 is 0. The Morgan fingerprint density at radius 3 is 2.14 bits per heavy atom. The summed E-state index contributed by atoms with van der Waals surface area (Å²) in [5.74, 6) is 0.852. The number of ketones is 1. The Balaban J connectivity index is 1.96. The lowest BCUT2D eigenvalue weighted by Crippen LogP contribution is -2.31. The average Bonchev–Trinajstić information content (AvgIpc) is 3.03. The van der Waals surface area contributed by atoms with Crippen LogP contribution in [0.15, 0.2) is 0 Å². The summed E-state index contributed by atoms with van der Waals surface area (Å²) in [4.78, 5) is 12.2. The molecule has 2 heteroatoms. The van der Waals surface area contributed by atoms with E-state index >= 15 is 0 Å². The maximum absolute atomic E-state index is 12.2. The second kappa shape index (κ2) is 4.01. The summed E-state index contributed by atoms with van der Waals surface area (Å²) in [5, 5.41) is 0. The second-order valence-corrected chi connectivity index (χ2v) is 5.04. The van der Waals surface area contributed by atoms with Crippen LogP contribution in [0, 0.1) is 11.3 Å². The van der Waals surface area contributed by atoms with E-state index in [9.17, 15) is 4.79 Å². The molecule has 0 aromatic rings. The van der Waals surface area contributed by atoms with Gasteiger partial charge in [-0.2, -0.15) is 0 Å². The van der Waals surface area contributed by atoms with E-state index in [0.29, 0.717) is 18.2 Å². The molecule has 0 aliphatic heterocycles. The summed E-state index contributed by atoms with van der Waals surface area (Å²) in [5.41, 5.74) is 5.63. The molecule has 2 aliphatic rings. The molecule has 0 saturated heterocycles. The van der Waals surface area contributed by atoms with E-state index < -0.39 is 0 Å². The number of carbonyl (C=O) groups excluding carboxylic acids is 1. The number of rotatable bonds is 3. The Kier molecular flexibility index (Phi) is 2.91. The molecule has 0 bridgehead atoms. The molecule has 2 fully saturated rings. The van der Waals surface area contributed by atoms with Crippen LogP contribution in [0.5, 0.6) is 0 Å². The largest absolute Gasteiger partial charge is 0.329 e. The van der Waals surface area contributed by atoms with Crippen LogP contribution < -0.4 is 5.73 Å². The first-order valence-corrected chi connectivity index (χ1v) is 6.03. The molecule has 2 aliphatic carbocycles. The van der Waals surface area contributed by atoms with Crippen molar-refractivity contribution in [2.45, 2.75) is 51.4 Å². The molecule has 14 heavy (non-hydrogen) atoms. The van der Waals surface area contributed by atoms with Gasteiger partial charge in [0.2, 0.25) is 0 Å². The molecule has 0 unspecified atom stereocenters. The Bertz CT molecular complexity index is 212. The lowest BCUT2D eigenvalue weighted by molar-refractivity contribution is -0.128. The molecule has 0 radical (unpaired) electrons. The molecule has 0 heterocycles. The standard InChI is InChI=1S/C12H21NO/c13-9-12(7-8-12)11(14)10-5-3-1-2-4-6-10/h10H,1-9,13H2. The highest BCUT2D eigenvalue weighted by molar-refractivity contribution is 5.89. The number of Topliss-reactive ketones (excluding diaryl/α,β-unsaturated/α-hetero) is 1. The van der Waals surface area contributed by atoms with Crippen LogP contribution in [0.4, 0.5) is 0 Å². The van der Waals surface area contributed by atoms with E-state index in [2.05, 4.69) is 0 Å². The van der Waals surface area contributed by atoms with Crippen molar-refractivity contribution in [1.29, 1.82) is 0 Å². The van der Waals surface area contributed by atoms with E-state index in [-0.39, 0.29) is 5.41 Å². The molecule has 2 rings (SSSR count). The third-order valence-corrected chi connectivity index (χ3v) is 3.99. The first-order chi connectivity index (χ1) is 6.78. The quantitative estimate of drug-likeness (QED) is 0.702. The summed E-state index contributed by atoms with van der Waals surface area (Å²) < 4.78 is 0. The van der Waals surface area contributed by atoms with Gasteiger partial charge in [0, 0.05) is 17.9 Å². The van der Waals surface area contributed by atoms with Crippen molar-refractivity contribution >= 4 is 5.78 Å². The third kappa shape index (κ3) is 1.85. The Hall–Kier alpha value is -0.370. The van der Waals surface area contributed by atoms with Gasteiger partial charge in [-0.15, -0.1) is 0 Å². The minimum Gasteiger partial charge on any atom is -0.329 e. The Morgan fingerprint density at radius 2 is 1.71 bits per heavy atom. The van der Waals surface area contributed by atoms with Gasteiger partial charge in [-0.25, -0.2) is 0 Å². The smallest absolute Gasteiger partial charge is 0.143 e. The highest BCUT2D eigenvalue weighted by atomic mass is 16.1. The van der Waals surface area contributed by atoms with E-state index in [1.54, 1.807) is 0 Å². The zero-order chi connectivity index (χ0) is 10.0. The zero-order valence-electron chi connectivity index (χ0n) is 8.93. The van der Waals surface area contributed by atoms with Crippen LogP contribution in [0.2, 0.25) is 0 Å². The highest BCUT2D eigenvalue weighted by Gasteiger charge is 2.50. The summed E-state index contributed by atoms with van der Waals surface area (Å²) in [6.07, 6.45) is 9.49. The Morgan fingerprint density at radius 1 is 1.14 bits per heavy atom. The SMILES string of the molecule is NCC1(C(=O)C2CCCCCC2)CC1. The van der Waals surface area contributed by atoms with Gasteiger partial charge in [0.25, 0.3) is 0 Å². The summed E-state index contributed by atoms with van der Waals surface area (Å²) in [6.45, 7) is 0.586. The predicted molar refractivity (Wildman–Crippen MR) is 56.9 cm³/mol. The van der Waals surface area contributed by atoms with Gasteiger partial charge in [0.15, 0.2) is 0 Å². The van der Waals surface area contributed by atoms with Crippen molar-refractivity contribution in [2.75, 3.05) is 6.54 Å². The van der Waals surface area contributed by atoms with Crippen molar-refractivity contribution < 1.29 is 4.79 Å². The van der Waals surface area contributed by atoms with Crippen LogP contribution in [-0.4, -0.2) is 12.3 Å². The maximum atomic E-state index is 12.2. The number of hydrogen-bond acceptors (Lipinski definition) is 2. The van der Waals surface area contributed by atoms with Gasteiger partial charge in [0.1, 0.15) is 5.78 Å². The van der Waals surface area contributed by atoms with Gasteiger partial charge in [-0.1, -0.05) is 25.7 Å². The lowest BCUT2D eigenvalue weighted by Gasteiger charge is -2.19. The lowest BCUT2D eigenvalue weighted by atomic mass is 9.85. The fourth-order valence-electron chi connectivity index (χ4n) is 2.68. The minimum atomic E-state index is -0.0605. The molecule has 0 spiro atoms.